The van der Waals surface area contributed by atoms with E-state index in [9.17, 15) is 4.79 Å². The fourth-order valence-corrected chi connectivity index (χ4v) is 3.24. The summed E-state index contributed by atoms with van der Waals surface area (Å²) in [5, 5.41) is 7.18. The molecule has 0 saturated carbocycles. The molecule has 2 aromatic heterocycles. The summed E-state index contributed by atoms with van der Waals surface area (Å²) in [6.07, 6.45) is 1.66. The van der Waals surface area contributed by atoms with Gasteiger partial charge in [0.2, 0.25) is 0 Å². The third kappa shape index (κ3) is 3.52. The Labute approximate surface area is 115 Å². The molecule has 2 rings (SSSR count). The van der Waals surface area contributed by atoms with Gasteiger partial charge in [-0.25, -0.2) is 9.78 Å². The van der Waals surface area contributed by atoms with Gasteiger partial charge >= 0.3 is 6.03 Å². The van der Waals surface area contributed by atoms with E-state index in [1.165, 1.54) is 11.3 Å². The van der Waals surface area contributed by atoms with Crippen LogP contribution in [0.15, 0.2) is 27.5 Å². The summed E-state index contributed by atoms with van der Waals surface area (Å²) in [7, 11) is 1.76. The zero-order chi connectivity index (χ0) is 12.3. The van der Waals surface area contributed by atoms with E-state index in [0.29, 0.717) is 11.7 Å². The van der Waals surface area contributed by atoms with Crippen molar-refractivity contribution in [1.82, 2.24) is 9.88 Å². The van der Waals surface area contributed by atoms with Crippen molar-refractivity contribution < 1.29 is 4.79 Å². The Morgan fingerprint density at radius 2 is 2.41 bits per heavy atom. The van der Waals surface area contributed by atoms with Gasteiger partial charge in [-0.1, -0.05) is 0 Å². The molecule has 0 aliphatic carbocycles. The summed E-state index contributed by atoms with van der Waals surface area (Å²) in [4.78, 5) is 18.6. The van der Waals surface area contributed by atoms with Gasteiger partial charge in [-0.2, -0.15) is 0 Å². The van der Waals surface area contributed by atoms with Crippen LogP contribution in [0, 0.1) is 0 Å². The maximum Gasteiger partial charge on any atom is 0.323 e. The smallest absolute Gasteiger partial charge is 0.322 e. The minimum Gasteiger partial charge on any atom is -0.322 e. The van der Waals surface area contributed by atoms with Crippen LogP contribution in [0.4, 0.5) is 9.93 Å². The lowest BCUT2D eigenvalue weighted by Crippen LogP contribution is -2.30. The lowest BCUT2D eigenvalue weighted by atomic mass is 10.4. The highest BCUT2D eigenvalue weighted by Crippen LogP contribution is 2.21. The Bertz CT molecular complexity index is 497. The van der Waals surface area contributed by atoms with E-state index in [1.54, 1.807) is 29.5 Å². The van der Waals surface area contributed by atoms with E-state index in [0.717, 1.165) is 9.35 Å². The molecule has 0 fully saturated rings. The normalized spacial score (nSPS) is 10.2. The largest absolute Gasteiger partial charge is 0.323 e. The summed E-state index contributed by atoms with van der Waals surface area (Å²) in [6.45, 7) is 0.591. The second-order valence-electron chi connectivity index (χ2n) is 3.35. The van der Waals surface area contributed by atoms with Crippen LogP contribution in [0.3, 0.4) is 0 Å². The molecule has 0 bridgehead atoms. The molecule has 0 unspecified atom stereocenters. The van der Waals surface area contributed by atoms with Crippen molar-refractivity contribution in [2.75, 3.05) is 12.4 Å². The van der Waals surface area contributed by atoms with Gasteiger partial charge < -0.3 is 4.90 Å². The number of hydrogen-bond donors (Lipinski definition) is 1. The number of urea groups is 1. The van der Waals surface area contributed by atoms with Crippen molar-refractivity contribution in [3.8, 4) is 0 Å². The molecule has 90 valence electrons. The van der Waals surface area contributed by atoms with Gasteiger partial charge in [0.25, 0.3) is 0 Å². The number of amides is 2. The summed E-state index contributed by atoms with van der Waals surface area (Å²) < 4.78 is 1.05. The van der Waals surface area contributed by atoms with Gasteiger partial charge in [-0.15, -0.1) is 22.7 Å². The minimum absolute atomic E-state index is 0.149. The monoisotopic (exact) mass is 331 g/mol. The Kier molecular flexibility index (Phi) is 4.14. The van der Waals surface area contributed by atoms with Gasteiger partial charge in [0.1, 0.15) is 0 Å². The number of anilines is 1. The Hall–Kier alpha value is -0.920. The second-order valence-corrected chi connectivity index (χ2v) is 6.16. The van der Waals surface area contributed by atoms with Crippen molar-refractivity contribution >= 4 is 49.8 Å². The number of carbonyl (C=O) groups is 1. The van der Waals surface area contributed by atoms with Crippen LogP contribution in [0.25, 0.3) is 0 Å². The molecule has 2 amide bonds. The molecule has 0 atom stereocenters. The number of aromatic nitrogens is 1. The summed E-state index contributed by atoms with van der Waals surface area (Å²) in [5.74, 6) is 0. The number of thiophene rings is 1. The highest BCUT2D eigenvalue weighted by molar-refractivity contribution is 9.10. The summed E-state index contributed by atoms with van der Waals surface area (Å²) in [6, 6.07) is 1.86. The molecular formula is C10H10BrN3OS2. The average molecular weight is 332 g/mol. The minimum atomic E-state index is -0.149. The van der Waals surface area contributed by atoms with Crippen LogP contribution < -0.4 is 5.32 Å². The van der Waals surface area contributed by atoms with Gasteiger partial charge in [0.05, 0.1) is 6.54 Å². The average Bonchev–Trinajstić information content (AvgIpc) is 2.90. The first-order valence-corrected chi connectivity index (χ1v) is 7.35. The molecule has 0 aromatic carbocycles. The number of hydrogen-bond acceptors (Lipinski definition) is 4. The van der Waals surface area contributed by atoms with Crippen molar-refractivity contribution in [3.05, 3.63) is 32.4 Å². The van der Waals surface area contributed by atoms with Crippen LogP contribution >= 0.6 is 38.6 Å². The van der Waals surface area contributed by atoms with E-state index in [-0.39, 0.29) is 6.03 Å². The number of halogens is 1. The van der Waals surface area contributed by atoms with Crippen LogP contribution in [0.1, 0.15) is 4.88 Å². The molecule has 7 heteroatoms. The maximum absolute atomic E-state index is 11.8. The van der Waals surface area contributed by atoms with Crippen LogP contribution in [-0.4, -0.2) is 23.0 Å². The number of thiazole rings is 1. The number of nitrogens with one attached hydrogen (secondary N) is 1. The summed E-state index contributed by atoms with van der Waals surface area (Å²) in [5.41, 5.74) is 0. The molecule has 0 aliphatic heterocycles. The molecule has 4 nitrogen and oxygen atoms in total. The standard InChI is InChI=1S/C10H10BrN3OS2/c1-14(5-8-4-7(11)6-17-8)10(15)13-9-12-2-3-16-9/h2-4,6H,5H2,1H3,(H,12,13,15). The SMILES string of the molecule is CN(Cc1cc(Br)cs1)C(=O)Nc1nccs1. The Morgan fingerprint density at radius 1 is 1.59 bits per heavy atom. The lowest BCUT2D eigenvalue weighted by Gasteiger charge is -2.15. The van der Waals surface area contributed by atoms with Gasteiger partial charge in [0, 0.05) is 33.4 Å². The molecule has 1 N–H and O–H groups in total. The molecule has 0 spiro atoms. The first-order chi connectivity index (χ1) is 8.15. The molecule has 2 aromatic rings. The number of nitrogens with zero attached hydrogens (tertiary/aromatic N) is 2. The van der Waals surface area contributed by atoms with Crippen molar-refractivity contribution in [3.63, 3.8) is 0 Å². The highest BCUT2D eigenvalue weighted by atomic mass is 79.9. The van der Waals surface area contributed by atoms with E-state index >= 15 is 0 Å². The van der Waals surface area contributed by atoms with Crippen molar-refractivity contribution in [1.29, 1.82) is 0 Å². The second kappa shape index (κ2) is 5.61. The predicted octanol–water partition coefficient (Wildman–Crippen LogP) is 3.63. The quantitative estimate of drug-likeness (QED) is 0.933. The van der Waals surface area contributed by atoms with Gasteiger partial charge in [-0.3, -0.25) is 5.32 Å². The van der Waals surface area contributed by atoms with Crippen LogP contribution in [0.5, 0.6) is 0 Å². The highest BCUT2D eigenvalue weighted by Gasteiger charge is 2.11. The summed E-state index contributed by atoms with van der Waals surface area (Å²) >= 11 is 6.42. The molecule has 17 heavy (non-hydrogen) atoms. The van der Waals surface area contributed by atoms with Crippen molar-refractivity contribution in [2.24, 2.45) is 0 Å². The molecule has 2 heterocycles. The lowest BCUT2D eigenvalue weighted by molar-refractivity contribution is 0.221. The third-order valence-electron chi connectivity index (χ3n) is 2.01. The molecule has 0 radical (unpaired) electrons. The zero-order valence-electron chi connectivity index (χ0n) is 9.01. The predicted molar refractivity (Wildman–Crippen MR) is 74.6 cm³/mol. The van der Waals surface area contributed by atoms with Crippen molar-refractivity contribution in [2.45, 2.75) is 6.54 Å². The van der Waals surface area contributed by atoms with E-state index in [4.69, 9.17) is 0 Å². The van der Waals surface area contributed by atoms with Crippen LogP contribution in [0.2, 0.25) is 0 Å². The Balaban J connectivity index is 1.91. The van der Waals surface area contributed by atoms with E-state index in [1.807, 2.05) is 16.8 Å². The fraction of sp³-hybridized carbons (Fsp3) is 0.200. The number of rotatable bonds is 3. The third-order valence-corrected chi connectivity index (χ3v) is 4.38. The molecule has 0 saturated heterocycles. The van der Waals surface area contributed by atoms with E-state index in [2.05, 4.69) is 26.2 Å². The first kappa shape index (κ1) is 12.5. The molecular weight excluding hydrogens is 322 g/mol. The Morgan fingerprint density at radius 3 is 3.00 bits per heavy atom. The van der Waals surface area contributed by atoms with Gasteiger partial charge in [0.15, 0.2) is 5.13 Å². The maximum atomic E-state index is 11.8. The van der Waals surface area contributed by atoms with E-state index < -0.39 is 0 Å². The topological polar surface area (TPSA) is 45.2 Å². The molecule has 0 aliphatic rings. The fourth-order valence-electron chi connectivity index (χ4n) is 1.21. The zero-order valence-corrected chi connectivity index (χ0v) is 12.2. The number of carbonyl (C=O) groups excluding carboxylic acids is 1. The van der Waals surface area contributed by atoms with Gasteiger partial charge in [-0.05, 0) is 22.0 Å². The first-order valence-electron chi connectivity index (χ1n) is 4.79. The van der Waals surface area contributed by atoms with Crippen LogP contribution in [-0.2, 0) is 6.54 Å².